The predicted molar refractivity (Wildman–Crippen MR) is 46.8 cm³/mol. The summed E-state index contributed by atoms with van der Waals surface area (Å²) in [5.74, 6) is 0. The van der Waals surface area contributed by atoms with E-state index in [2.05, 4.69) is 25.3 Å². The van der Waals surface area contributed by atoms with Crippen LogP contribution in [0.1, 0.15) is 0 Å². The molecule has 0 amide bonds. The van der Waals surface area contributed by atoms with Gasteiger partial charge in [-0.05, 0) is 0 Å². The van der Waals surface area contributed by atoms with E-state index in [0.717, 1.165) is 0 Å². The molecule has 3 N–H and O–H groups in total. The van der Waals surface area contributed by atoms with Crippen LogP contribution >= 0.6 is 0 Å². The summed E-state index contributed by atoms with van der Waals surface area (Å²) in [6.45, 7) is 0. The Kier molecular flexibility index (Phi) is 1.79. The van der Waals surface area contributed by atoms with Crippen LogP contribution in [0.5, 0.6) is 0 Å². The van der Waals surface area contributed by atoms with E-state index in [-0.39, 0.29) is 5.56 Å². The van der Waals surface area contributed by atoms with Crippen LogP contribution in [0.3, 0.4) is 0 Å². The summed E-state index contributed by atoms with van der Waals surface area (Å²) in [5.41, 5.74) is 0.675. The number of H-pyrrole nitrogens is 2. The second-order valence-corrected chi connectivity index (χ2v) is 2.33. The molecule has 13 heavy (non-hydrogen) atoms. The van der Waals surface area contributed by atoms with Crippen LogP contribution in [0.4, 0.5) is 0 Å². The average Bonchev–Trinajstić information content (AvgIpc) is 2.93. The summed E-state index contributed by atoms with van der Waals surface area (Å²) in [6, 6.07) is 0. The van der Waals surface area contributed by atoms with Crippen molar-refractivity contribution in [3.63, 3.8) is 0 Å². The number of aromatic nitrogens is 4. The van der Waals surface area contributed by atoms with Gasteiger partial charge in [0.15, 0.2) is 11.2 Å². The van der Waals surface area contributed by atoms with Gasteiger partial charge in [0.25, 0.3) is 5.56 Å². The van der Waals surface area contributed by atoms with Crippen LogP contribution in [0.15, 0.2) is 29.8 Å². The Labute approximate surface area is 72.7 Å². The molecule has 2 aromatic heterocycles. The summed E-state index contributed by atoms with van der Waals surface area (Å²) in [6.07, 6.45) is 6.51. The zero-order valence-electron chi connectivity index (χ0n) is 6.61. The molecule has 6 heteroatoms. The average molecular weight is 177 g/mol. The summed E-state index contributed by atoms with van der Waals surface area (Å²) in [7, 11) is 0. The second kappa shape index (κ2) is 3.10. The number of hydrogen-bond acceptors (Lipinski definition) is 4. The Hall–Kier alpha value is -2.11. The van der Waals surface area contributed by atoms with E-state index >= 15 is 0 Å². The smallest absolute Gasteiger partial charge is 0.276 e. The minimum atomic E-state index is -0.192. The standard InChI is InChI=1S/C5H4N4O.C2H3N/c10-5-3-4(7-1-6-3)8-2-9-5;1-2-3-1/h1-2H,(H2,6,7,8,9,10);1-3H. The third kappa shape index (κ3) is 1.73. The van der Waals surface area contributed by atoms with Gasteiger partial charge in [-0.25, -0.2) is 9.97 Å². The molecule has 0 unspecified atom stereocenters. The second-order valence-electron chi connectivity index (χ2n) is 2.33. The van der Waals surface area contributed by atoms with E-state index in [0.29, 0.717) is 11.2 Å². The van der Waals surface area contributed by atoms with Gasteiger partial charge < -0.3 is 15.3 Å². The highest BCUT2D eigenvalue weighted by Crippen LogP contribution is 1.94. The maximum Gasteiger partial charge on any atom is 0.276 e. The van der Waals surface area contributed by atoms with Gasteiger partial charge in [-0.1, -0.05) is 0 Å². The fourth-order valence-corrected chi connectivity index (χ4v) is 0.776. The number of hydrogen-bond donors (Lipinski definition) is 3. The van der Waals surface area contributed by atoms with Gasteiger partial charge in [0.2, 0.25) is 0 Å². The molecule has 66 valence electrons. The largest absolute Gasteiger partial charge is 0.365 e. The summed E-state index contributed by atoms with van der Waals surface area (Å²) >= 11 is 0. The van der Waals surface area contributed by atoms with E-state index in [1.165, 1.54) is 12.7 Å². The van der Waals surface area contributed by atoms with Crippen LogP contribution in [0.2, 0.25) is 0 Å². The third-order valence-corrected chi connectivity index (χ3v) is 1.40. The van der Waals surface area contributed by atoms with Crippen LogP contribution in [-0.2, 0) is 0 Å². The minimum Gasteiger partial charge on any atom is -0.365 e. The first-order valence-corrected chi connectivity index (χ1v) is 3.66. The molecule has 0 saturated heterocycles. The number of fused-ring (bicyclic) bond motifs is 1. The van der Waals surface area contributed by atoms with E-state index in [9.17, 15) is 4.79 Å². The zero-order valence-corrected chi connectivity index (χ0v) is 6.61. The molecule has 3 heterocycles. The molecule has 1 aliphatic heterocycles. The summed E-state index contributed by atoms with van der Waals surface area (Å²) in [5, 5.41) is 2.75. The van der Waals surface area contributed by atoms with Crippen molar-refractivity contribution in [2.75, 3.05) is 0 Å². The lowest BCUT2D eigenvalue weighted by molar-refractivity contribution is 1.15. The van der Waals surface area contributed by atoms with Crippen molar-refractivity contribution >= 4 is 11.2 Å². The third-order valence-electron chi connectivity index (χ3n) is 1.40. The van der Waals surface area contributed by atoms with E-state index < -0.39 is 0 Å². The normalized spacial score (nSPS) is 11.7. The molecule has 6 nitrogen and oxygen atoms in total. The quantitative estimate of drug-likeness (QED) is 0.515. The van der Waals surface area contributed by atoms with E-state index in [1.54, 1.807) is 0 Å². The lowest BCUT2D eigenvalue weighted by atomic mass is 10.6. The van der Waals surface area contributed by atoms with Crippen molar-refractivity contribution < 1.29 is 0 Å². The summed E-state index contributed by atoms with van der Waals surface area (Å²) < 4.78 is 0. The molecule has 0 bridgehead atoms. The van der Waals surface area contributed by atoms with Crippen molar-refractivity contribution in [2.24, 2.45) is 0 Å². The molecule has 0 aliphatic carbocycles. The number of rotatable bonds is 0. The first kappa shape index (κ1) is 7.53. The van der Waals surface area contributed by atoms with E-state index in [4.69, 9.17) is 0 Å². The molecule has 2 aromatic rings. The first-order chi connectivity index (χ1) is 6.38. The number of nitrogens with zero attached hydrogens (tertiary/aromatic N) is 2. The maximum atomic E-state index is 10.9. The van der Waals surface area contributed by atoms with Crippen molar-refractivity contribution in [2.45, 2.75) is 0 Å². The predicted octanol–water partition coefficient (Wildman–Crippen LogP) is -0.293. The number of aromatic amines is 2. The molecule has 0 fully saturated rings. The topological polar surface area (TPSA) is 96.4 Å². The highest BCUT2D eigenvalue weighted by molar-refractivity contribution is 5.67. The Morgan fingerprint density at radius 1 is 1.08 bits per heavy atom. The molecular weight excluding hydrogens is 170 g/mol. The fourth-order valence-electron chi connectivity index (χ4n) is 0.776. The Morgan fingerprint density at radius 2 is 1.69 bits per heavy atom. The minimum absolute atomic E-state index is 0.192. The van der Waals surface area contributed by atoms with Crippen molar-refractivity contribution in [1.82, 2.24) is 25.3 Å². The van der Waals surface area contributed by atoms with Crippen LogP contribution in [0, 0.1) is 0 Å². The van der Waals surface area contributed by atoms with Crippen molar-refractivity contribution in [1.29, 1.82) is 0 Å². The summed E-state index contributed by atoms with van der Waals surface area (Å²) in [4.78, 5) is 23.6. The van der Waals surface area contributed by atoms with Crippen LogP contribution in [0.25, 0.3) is 11.2 Å². The molecule has 0 spiro atoms. The monoisotopic (exact) mass is 177 g/mol. The van der Waals surface area contributed by atoms with E-state index in [1.807, 2.05) is 12.4 Å². The first-order valence-electron chi connectivity index (χ1n) is 3.66. The van der Waals surface area contributed by atoms with Gasteiger partial charge in [-0.2, -0.15) is 0 Å². The van der Waals surface area contributed by atoms with Gasteiger partial charge in [0.1, 0.15) is 0 Å². The number of nitrogens with one attached hydrogen (secondary N) is 3. The van der Waals surface area contributed by atoms with Crippen LogP contribution in [-0.4, -0.2) is 19.9 Å². The van der Waals surface area contributed by atoms with Crippen molar-refractivity contribution in [3.05, 3.63) is 35.4 Å². The molecule has 3 rings (SSSR count). The molecule has 0 radical (unpaired) electrons. The van der Waals surface area contributed by atoms with Crippen molar-refractivity contribution in [3.8, 4) is 0 Å². The van der Waals surface area contributed by atoms with Gasteiger partial charge in [0, 0.05) is 12.4 Å². The SMILES string of the molecule is C1=CN1.O=c1[nH]cnc2nc[nH]c12. The number of imidazole rings is 1. The Bertz CT molecular complexity index is 479. The molecule has 0 aromatic carbocycles. The van der Waals surface area contributed by atoms with Gasteiger partial charge in [0.05, 0.1) is 12.7 Å². The maximum absolute atomic E-state index is 10.9. The highest BCUT2D eigenvalue weighted by atomic mass is 16.1. The molecule has 0 saturated carbocycles. The highest BCUT2D eigenvalue weighted by Gasteiger charge is 1.97. The van der Waals surface area contributed by atoms with Crippen LogP contribution < -0.4 is 10.9 Å². The Morgan fingerprint density at radius 3 is 2.23 bits per heavy atom. The molecular formula is C7H7N5O. The van der Waals surface area contributed by atoms with Gasteiger partial charge >= 0.3 is 0 Å². The zero-order chi connectivity index (χ0) is 9.10. The lowest BCUT2D eigenvalue weighted by Crippen LogP contribution is -2.05. The molecule has 0 atom stereocenters. The van der Waals surface area contributed by atoms with Gasteiger partial charge in [-0.15, -0.1) is 0 Å². The lowest BCUT2D eigenvalue weighted by Gasteiger charge is -1.81. The Balaban J connectivity index is 0.000000185. The molecule has 1 aliphatic rings. The van der Waals surface area contributed by atoms with Gasteiger partial charge in [-0.3, -0.25) is 4.79 Å². The fraction of sp³-hybridized carbons (Fsp3) is 0.